The number of hydrogen-bond donors (Lipinski definition) is 1. The minimum absolute atomic E-state index is 0.124. The van der Waals surface area contributed by atoms with Crippen LogP contribution >= 0.6 is 0 Å². The number of alkyl halides is 3. The lowest BCUT2D eigenvalue weighted by Gasteiger charge is -2.11. The molecule has 0 saturated carbocycles. The Bertz CT molecular complexity index is 1080. The summed E-state index contributed by atoms with van der Waals surface area (Å²) < 4.78 is 45.8. The average molecular weight is 433 g/mol. The Morgan fingerprint density at radius 1 is 1.10 bits per heavy atom. The van der Waals surface area contributed by atoms with E-state index < -0.39 is 17.6 Å². The Balaban J connectivity index is 1.68. The van der Waals surface area contributed by atoms with Crippen LogP contribution in [-0.2, 0) is 11.0 Å². The van der Waals surface area contributed by atoms with E-state index in [2.05, 4.69) is 15.6 Å². The monoisotopic (exact) mass is 433 g/mol. The summed E-state index contributed by atoms with van der Waals surface area (Å²) in [6.07, 6.45) is -3.46. The minimum Gasteiger partial charge on any atom is -0.484 e. The van der Waals surface area contributed by atoms with Crippen molar-refractivity contribution in [2.75, 3.05) is 26.0 Å². The van der Waals surface area contributed by atoms with Gasteiger partial charge in [-0.2, -0.15) is 13.2 Å². The van der Waals surface area contributed by atoms with Gasteiger partial charge in [0, 0.05) is 19.8 Å². The number of benzene rings is 2. The molecule has 31 heavy (non-hydrogen) atoms. The summed E-state index contributed by atoms with van der Waals surface area (Å²) in [4.78, 5) is 25.3. The molecule has 1 heterocycles. The first-order valence-electron chi connectivity index (χ1n) is 8.98. The highest BCUT2D eigenvalue weighted by Crippen LogP contribution is 2.33. The summed E-state index contributed by atoms with van der Waals surface area (Å²) in [5.41, 5.74) is -0.888. The SMILES string of the molecule is CN(C)C(=O)COc1ccc(NC(=O)c2cn(-c3ccccc3C(F)(F)F)nn2)cc1. The first kappa shape index (κ1) is 21.8. The second-order valence-corrected chi connectivity index (χ2v) is 6.62. The number of hydrogen-bond acceptors (Lipinski definition) is 5. The molecule has 0 saturated heterocycles. The van der Waals surface area contributed by atoms with Crippen molar-refractivity contribution in [1.29, 1.82) is 0 Å². The molecule has 0 bridgehead atoms. The molecule has 0 unspecified atom stereocenters. The van der Waals surface area contributed by atoms with Crippen molar-refractivity contribution in [3.05, 3.63) is 66.0 Å². The largest absolute Gasteiger partial charge is 0.484 e. The fourth-order valence-electron chi connectivity index (χ4n) is 2.50. The number of anilines is 1. The van der Waals surface area contributed by atoms with Crippen LogP contribution in [0.5, 0.6) is 5.75 Å². The van der Waals surface area contributed by atoms with Crippen molar-refractivity contribution in [3.8, 4) is 11.4 Å². The van der Waals surface area contributed by atoms with Gasteiger partial charge in [-0.1, -0.05) is 17.3 Å². The predicted molar refractivity (Wildman–Crippen MR) is 105 cm³/mol. The lowest BCUT2D eigenvalue weighted by atomic mass is 10.1. The van der Waals surface area contributed by atoms with Crippen LogP contribution in [0.2, 0.25) is 0 Å². The van der Waals surface area contributed by atoms with Crippen molar-refractivity contribution in [2.45, 2.75) is 6.18 Å². The van der Waals surface area contributed by atoms with E-state index in [1.807, 2.05) is 0 Å². The molecule has 0 aliphatic rings. The number of likely N-dealkylation sites (N-methyl/N-ethyl adjacent to an activating group) is 1. The summed E-state index contributed by atoms with van der Waals surface area (Å²) in [5.74, 6) is -0.414. The van der Waals surface area contributed by atoms with Gasteiger partial charge in [0.2, 0.25) is 0 Å². The number of carbonyl (C=O) groups is 2. The maximum Gasteiger partial charge on any atom is 0.418 e. The number of amides is 2. The second kappa shape index (κ2) is 8.86. The van der Waals surface area contributed by atoms with E-state index in [0.29, 0.717) is 11.4 Å². The molecule has 0 radical (unpaired) electrons. The van der Waals surface area contributed by atoms with E-state index in [4.69, 9.17) is 4.74 Å². The van der Waals surface area contributed by atoms with Crippen LogP contribution < -0.4 is 10.1 Å². The van der Waals surface area contributed by atoms with Gasteiger partial charge in [-0.3, -0.25) is 9.59 Å². The van der Waals surface area contributed by atoms with Gasteiger partial charge < -0.3 is 15.0 Å². The van der Waals surface area contributed by atoms with E-state index >= 15 is 0 Å². The lowest BCUT2D eigenvalue weighted by molar-refractivity contribution is -0.137. The summed E-state index contributed by atoms with van der Waals surface area (Å²) in [5, 5.41) is 9.87. The molecule has 11 heteroatoms. The standard InChI is InChI=1S/C20H18F3N5O3/c1-27(2)18(29)12-31-14-9-7-13(8-10-14)24-19(30)16-11-28(26-25-16)17-6-4-3-5-15(17)20(21,22)23/h3-11H,12H2,1-2H3,(H,24,30). The van der Waals surface area contributed by atoms with E-state index in [-0.39, 0.29) is 23.9 Å². The van der Waals surface area contributed by atoms with Crippen LogP contribution in [0.1, 0.15) is 16.1 Å². The molecule has 0 spiro atoms. The Kier molecular flexibility index (Phi) is 6.23. The molecule has 1 aromatic heterocycles. The molecule has 2 amide bonds. The molecular formula is C20H18F3N5O3. The van der Waals surface area contributed by atoms with Crippen LogP contribution in [-0.4, -0.2) is 52.4 Å². The third-order valence-electron chi connectivity index (χ3n) is 4.16. The predicted octanol–water partition coefficient (Wildman–Crippen LogP) is 3.01. The van der Waals surface area contributed by atoms with Gasteiger partial charge in [0.15, 0.2) is 12.3 Å². The molecule has 2 aromatic carbocycles. The molecule has 0 aliphatic carbocycles. The Morgan fingerprint density at radius 3 is 2.42 bits per heavy atom. The first-order chi connectivity index (χ1) is 14.6. The number of ether oxygens (including phenoxy) is 1. The van der Waals surface area contributed by atoms with Crippen molar-refractivity contribution in [2.24, 2.45) is 0 Å². The van der Waals surface area contributed by atoms with E-state index in [1.165, 1.54) is 23.1 Å². The maximum atomic E-state index is 13.2. The molecule has 3 rings (SSSR count). The number of nitrogens with one attached hydrogen (secondary N) is 1. The smallest absolute Gasteiger partial charge is 0.418 e. The Morgan fingerprint density at radius 2 is 1.77 bits per heavy atom. The van der Waals surface area contributed by atoms with Gasteiger partial charge >= 0.3 is 6.18 Å². The van der Waals surface area contributed by atoms with Crippen molar-refractivity contribution < 1.29 is 27.5 Å². The molecule has 8 nitrogen and oxygen atoms in total. The summed E-state index contributed by atoms with van der Waals surface area (Å²) in [6.45, 7) is -0.124. The highest BCUT2D eigenvalue weighted by molar-refractivity contribution is 6.02. The lowest BCUT2D eigenvalue weighted by Crippen LogP contribution is -2.27. The summed E-state index contributed by atoms with van der Waals surface area (Å²) >= 11 is 0. The molecular weight excluding hydrogens is 415 g/mol. The molecule has 0 fully saturated rings. The third-order valence-corrected chi connectivity index (χ3v) is 4.16. The van der Waals surface area contributed by atoms with Crippen LogP contribution in [0, 0.1) is 0 Å². The van der Waals surface area contributed by atoms with Gasteiger partial charge in [-0.05, 0) is 36.4 Å². The van der Waals surface area contributed by atoms with E-state index in [0.717, 1.165) is 16.9 Å². The fraction of sp³-hybridized carbons (Fsp3) is 0.200. The number of carbonyl (C=O) groups excluding carboxylic acids is 2. The van der Waals surface area contributed by atoms with Gasteiger partial charge in [-0.25, -0.2) is 4.68 Å². The van der Waals surface area contributed by atoms with Crippen molar-refractivity contribution >= 4 is 17.5 Å². The number of halogens is 3. The summed E-state index contributed by atoms with van der Waals surface area (Å²) in [7, 11) is 3.23. The van der Waals surface area contributed by atoms with E-state index in [9.17, 15) is 22.8 Å². The minimum atomic E-state index is -4.58. The van der Waals surface area contributed by atoms with Crippen LogP contribution in [0.25, 0.3) is 5.69 Å². The number of nitrogens with zero attached hydrogens (tertiary/aromatic N) is 4. The molecule has 0 atom stereocenters. The zero-order chi connectivity index (χ0) is 22.6. The Hall–Kier alpha value is -3.89. The topological polar surface area (TPSA) is 89.4 Å². The van der Waals surface area contributed by atoms with Gasteiger partial charge in [-0.15, -0.1) is 5.10 Å². The Labute approximate surface area is 175 Å². The van der Waals surface area contributed by atoms with E-state index in [1.54, 1.807) is 38.4 Å². The zero-order valence-electron chi connectivity index (χ0n) is 16.6. The van der Waals surface area contributed by atoms with Crippen LogP contribution in [0.15, 0.2) is 54.7 Å². The quantitative estimate of drug-likeness (QED) is 0.646. The normalized spacial score (nSPS) is 11.1. The van der Waals surface area contributed by atoms with Gasteiger partial charge in [0.05, 0.1) is 17.4 Å². The highest BCUT2D eigenvalue weighted by atomic mass is 19.4. The average Bonchev–Trinajstić information content (AvgIpc) is 3.22. The van der Waals surface area contributed by atoms with Crippen molar-refractivity contribution in [1.82, 2.24) is 19.9 Å². The fourth-order valence-corrected chi connectivity index (χ4v) is 2.50. The second-order valence-electron chi connectivity index (χ2n) is 6.62. The van der Waals surface area contributed by atoms with Crippen LogP contribution in [0.4, 0.5) is 18.9 Å². The molecule has 162 valence electrons. The molecule has 3 aromatic rings. The maximum absolute atomic E-state index is 13.2. The van der Waals surface area contributed by atoms with Crippen molar-refractivity contribution in [3.63, 3.8) is 0 Å². The van der Waals surface area contributed by atoms with Gasteiger partial charge in [0.1, 0.15) is 5.75 Å². The number of para-hydroxylation sites is 1. The summed E-state index contributed by atoms with van der Waals surface area (Å²) in [6, 6.07) is 11.1. The third kappa shape index (κ3) is 5.38. The zero-order valence-corrected chi connectivity index (χ0v) is 16.6. The number of aromatic nitrogens is 3. The molecule has 1 N–H and O–H groups in total. The van der Waals surface area contributed by atoms with Gasteiger partial charge in [0.25, 0.3) is 11.8 Å². The highest BCUT2D eigenvalue weighted by Gasteiger charge is 2.34. The first-order valence-corrected chi connectivity index (χ1v) is 8.98. The molecule has 0 aliphatic heterocycles. The van der Waals surface area contributed by atoms with Crippen LogP contribution in [0.3, 0.4) is 0 Å². The number of rotatable bonds is 6.